The van der Waals surface area contributed by atoms with E-state index in [9.17, 15) is 0 Å². The quantitative estimate of drug-likeness (QED) is 0.388. The highest BCUT2D eigenvalue weighted by atomic mass is 28.4. The van der Waals surface area contributed by atoms with Crippen LogP contribution in [0.15, 0.2) is 0 Å². The van der Waals surface area contributed by atoms with Crippen LogP contribution in [0.25, 0.3) is 0 Å². The van der Waals surface area contributed by atoms with E-state index in [1.807, 2.05) is 0 Å². The van der Waals surface area contributed by atoms with Crippen molar-refractivity contribution >= 4 is 8.32 Å². The summed E-state index contributed by atoms with van der Waals surface area (Å²) in [6, 6.07) is 0. The predicted octanol–water partition coefficient (Wildman–Crippen LogP) is 3.15. The van der Waals surface area contributed by atoms with Gasteiger partial charge in [-0.15, -0.1) is 0 Å². The maximum Gasteiger partial charge on any atom is 0.225 e. The minimum atomic E-state index is -1.86. The van der Waals surface area contributed by atoms with E-state index in [4.69, 9.17) is 23.4 Å². The van der Waals surface area contributed by atoms with E-state index in [0.29, 0.717) is 18.6 Å². The first-order chi connectivity index (χ1) is 10.3. The minimum absolute atomic E-state index is 0.197. The highest BCUT2D eigenvalue weighted by Gasteiger charge is 2.62. The fourth-order valence-corrected chi connectivity index (χ4v) is 5.36. The van der Waals surface area contributed by atoms with Crippen LogP contribution in [-0.2, 0) is 23.4 Å². The molecule has 1 heterocycles. The van der Waals surface area contributed by atoms with E-state index in [1.54, 1.807) is 21.3 Å². The molecule has 1 aliphatic carbocycles. The molecule has 4 atom stereocenters. The molecule has 6 heteroatoms. The van der Waals surface area contributed by atoms with Crippen molar-refractivity contribution in [2.24, 2.45) is 5.92 Å². The average Bonchev–Trinajstić information content (AvgIpc) is 3.25. The van der Waals surface area contributed by atoms with E-state index >= 15 is 0 Å². The van der Waals surface area contributed by atoms with E-state index < -0.39 is 19.9 Å². The van der Waals surface area contributed by atoms with Crippen LogP contribution in [0.4, 0.5) is 0 Å². The molecule has 0 aromatic heterocycles. The molecule has 2 rings (SSSR count). The lowest BCUT2D eigenvalue weighted by atomic mass is 9.78. The lowest BCUT2D eigenvalue weighted by Gasteiger charge is -2.52. The third kappa shape index (κ3) is 3.14. The number of hydrogen-bond donors (Lipinski definition) is 0. The van der Waals surface area contributed by atoms with Gasteiger partial charge in [-0.3, -0.25) is 0 Å². The second-order valence-corrected chi connectivity index (χ2v) is 11.8. The molecule has 1 saturated heterocycles. The monoisotopic (exact) mass is 332 g/mol. The molecule has 0 aromatic rings. The summed E-state index contributed by atoms with van der Waals surface area (Å²) in [5.74, 6) is -1.61. The average molecular weight is 333 g/mol. The molecular weight excluding hydrogens is 300 g/mol. The Hall–Kier alpha value is 0.0169. The number of methoxy groups -OCH3 is 3. The summed E-state index contributed by atoms with van der Waals surface area (Å²) in [5.41, 5.74) is 0. The van der Waals surface area contributed by atoms with E-state index in [1.165, 1.54) is 0 Å². The Morgan fingerprint density at radius 3 is 2.05 bits per heavy atom. The van der Waals surface area contributed by atoms with Gasteiger partial charge in [-0.05, 0) is 38.9 Å². The Bertz CT molecular complexity index is 373. The van der Waals surface area contributed by atoms with Crippen LogP contribution in [0.1, 0.15) is 32.6 Å². The highest BCUT2D eigenvalue weighted by molar-refractivity contribution is 6.69. The van der Waals surface area contributed by atoms with Crippen molar-refractivity contribution in [3.63, 3.8) is 0 Å². The summed E-state index contributed by atoms with van der Waals surface area (Å²) in [6.45, 7) is 8.55. The Balaban J connectivity index is 2.35. The Morgan fingerprint density at radius 2 is 1.64 bits per heavy atom. The second-order valence-electron chi connectivity index (χ2n) is 7.32. The second kappa shape index (κ2) is 6.49. The molecule has 5 nitrogen and oxygen atoms in total. The largest absolute Gasteiger partial charge is 0.387 e. The van der Waals surface area contributed by atoms with Crippen LogP contribution in [0, 0.1) is 5.92 Å². The van der Waals surface area contributed by atoms with Crippen LogP contribution < -0.4 is 0 Å². The van der Waals surface area contributed by atoms with Gasteiger partial charge in [0.25, 0.3) is 0 Å². The van der Waals surface area contributed by atoms with Gasteiger partial charge in [0, 0.05) is 33.7 Å². The summed E-state index contributed by atoms with van der Waals surface area (Å²) in [4.78, 5) is 0. The molecule has 2 fully saturated rings. The minimum Gasteiger partial charge on any atom is -0.387 e. The number of ether oxygens (including phenoxy) is 4. The van der Waals surface area contributed by atoms with Gasteiger partial charge in [0.15, 0.2) is 8.32 Å². The first-order valence-corrected chi connectivity index (χ1v) is 11.7. The van der Waals surface area contributed by atoms with Crippen LogP contribution >= 0.6 is 0 Å². The van der Waals surface area contributed by atoms with Gasteiger partial charge in [-0.1, -0.05) is 6.92 Å². The third-order valence-corrected chi connectivity index (χ3v) is 5.89. The maximum absolute atomic E-state index is 6.50. The van der Waals surface area contributed by atoms with Crippen molar-refractivity contribution in [2.75, 3.05) is 21.3 Å². The Kier molecular flexibility index (Phi) is 5.42. The van der Waals surface area contributed by atoms with Crippen LogP contribution in [0.5, 0.6) is 0 Å². The van der Waals surface area contributed by atoms with Crippen molar-refractivity contribution in [3.05, 3.63) is 0 Å². The molecule has 22 heavy (non-hydrogen) atoms. The van der Waals surface area contributed by atoms with Crippen LogP contribution in [-0.4, -0.2) is 53.4 Å². The zero-order chi connectivity index (χ0) is 16.6. The summed E-state index contributed by atoms with van der Waals surface area (Å²) in [6.07, 6.45) is 4.46. The molecule has 0 N–H and O–H groups in total. The smallest absolute Gasteiger partial charge is 0.225 e. The molecule has 0 bridgehead atoms. The van der Waals surface area contributed by atoms with Crippen molar-refractivity contribution in [1.82, 2.24) is 0 Å². The summed E-state index contributed by atoms with van der Waals surface area (Å²) in [7, 11) is 3.22. The van der Waals surface area contributed by atoms with E-state index in [-0.39, 0.29) is 5.92 Å². The number of epoxide rings is 1. The van der Waals surface area contributed by atoms with Gasteiger partial charge >= 0.3 is 0 Å². The fourth-order valence-electron chi connectivity index (χ4n) is 4.00. The summed E-state index contributed by atoms with van der Waals surface area (Å²) in [5, 5.41) is 0. The molecule has 2 aliphatic rings. The normalized spacial score (nSPS) is 31.5. The maximum atomic E-state index is 6.50. The van der Waals surface area contributed by atoms with Gasteiger partial charge in [-0.2, -0.15) is 0 Å². The molecular formula is C16H32O5Si. The fraction of sp³-hybridized carbons (Fsp3) is 1.00. The Labute approximate surface area is 135 Å². The molecule has 130 valence electrons. The molecule has 4 unspecified atom stereocenters. The molecule has 1 saturated carbocycles. The van der Waals surface area contributed by atoms with Crippen molar-refractivity contribution in [3.8, 4) is 0 Å². The highest BCUT2D eigenvalue weighted by Crippen LogP contribution is 2.50. The number of hydrogen-bond acceptors (Lipinski definition) is 5. The topological polar surface area (TPSA) is 49.5 Å². The van der Waals surface area contributed by atoms with Gasteiger partial charge in [0.05, 0.1) is 12.2 Å². The van der Waals surface area contributed by atoms with Gasteiger partial charge in [-0.25, -0.2) is 0 Å². The first-order valence-electron chi connectivity index (χ1n) is 8.28. The first kappa shape index (κ1) is 18.4. The Morgan fingerprint density at radius 1 is 1.00 bits per heavy atom. The third-order valence-electron chi connectivity index (χ3n) is 4.95. The standard InChI is InChI=1S/C16H32O5Si/c1-8-15(17-2,21-22(5,6)7)16(18-3,19-4)12-9-10-13-14(11-12)20-13/h12-14H,8-11H2,1-7H3. The van der Waals surface area contributed by atoms with Crippen LogP contribution in [0.3, 0.4) is 0 Å². The zero-order valence-electron chi connectivity index (χ0n) is 15.1. The van der Waals surface area contributed by atoms with Crippen molar-refractivity contribution < 1.29 is 23.4 Å². The lowest BCUT2D eigenvalue weighted by molar-refractivity contribution is -0.394. The SMILES string of the molecule is CCC(OC)(O[Si](C)(C)C)C(OC)(OC)C1CCC2OC2C1. The predicted molar refractivity (Wildman–Crippen MR) is 87.2 cm³/mol. The molecule has 0 spiro atoms. The van der Waals surface area contributed by atoms with Gasteiger partial charge in [0.2, 0.25) is 11.6 Å². The summed E-state index contributed by atoms with van der Waals surface area (Å²) < 4.78 is 30.1. The number of rotatable bonds is 8. The van der Waals surface area contributed by atoms with E-state index in [2.05, 4.69) is 26.6 Å². The van der Waals surface area contributed by atoms with Gasteiger partial charge in [0.1, 0.15) is 0 Å². The van der Waals surface area contributed by atoms with Gasteiger partial charge < -0.3 is 23.4 Å². The molecule has 1 aliphatic heterocycles. The molecule has 0 amide bonds. The number of fused-ring (bicyclic) bond motifs is 1. The molecule has 0 radical (unpaired) electrons. The summed E-state index contributed by atoms with van der Waals surface area (Å²) >= 11 is 0. The van der Waals surface area contributed by atoms with Crippen molar-refractivity contribution in [2.45, 2.75) is 76.0 Å². The van der Waals surface area contributed by atoms with E-state index in [0.717, 1.165) is 19.3 Å². The zero-order valence-corrected chi connectivity index (χ0v) is 16.1. The van der Waals surface area contributed by atoms with Crippen molar-refractivity contribution in [1.29, 1.82) is 0 Å². The van der Waals surface area contributed by atoms with Crippen LogP contribution in [0.2, 0.25) is 19.6 Å². The molecule has 0 aromatic carbocycles. The lowest BCUT2D eigenvalue weighted by Crippen LogP contribution is -2.66.